The zero-order valence-corrected chi connectivity index (χ0v) is 12.4. The molecule has 0 heterocycles. The molecule has 0 aliphatic carbocycles. The maximum atomic E-state index is 10.8. The van der Waals surface area contributed by atoms with E-state index in [1.807, 2.05) is 13.8 Å². The van der Waals surface area contributed by atoms with Crippen molar-refractivity contribution >= 4 is 23.0 Å². The largest absolute Gasteiger partial charge is 0.300 e. The number of hydrogen-bond acceptors (Lipinski definition) is 4. The number of aliphatic imine (C=N–C) groups is 2. The SMILES string of the molecule is CC(=O)CC(C)=NCCN=C(C)CC(C)=O.[Pd]. The molecule has 0 unspecified atom stereocenters. The average molecular weight is 331 g/mol. The summed E-state index contributed by atoms with van der Waals surface area (Å²) in [5, 5.41) is 0. The summed E-state index contributed by atoms with van der Waals surface area (Å²) in [5.41, 5.74) is 1.68. The van der Waals surface area contributed by atoms with E-state index in [0.29, 0.717) is 25.9 Å². The Morgan fingerprint density at radius 2 is 1.06 bits per heavy atom. The van der Waals surface area contributed by atoms with Gasteiger partial charge in [-0.1, -0.05) is 0 Å². The van der Waals surface area contributed by atoms with Crippen LogP contribution >= 0.6 is 0 Å². The van der Waals surface area contributed by atoms with Gasteiger partial charge < -0.3 is 0 Å². The number of nitrogens with zero attached hydrogens (tertiary/aromatic N) is 2. The van der Waals surface area contributed by atoms with E-state index in [4.69, 9.17) is 0 Å². The molecule has 0 spiro atoms. The third-order valence-corrected chi connectivity index (χ3v) is 1.87. The summed E-state index contributed by atoms with van der Waals surface area (Å²) in [6.07, 6.45) is 0.826. The molecule has 0 aliphatic rings. The van der Waals surface area contributed by atoms with Gasteiger partial charge in [-0.25, -0.2) is 0 Å². The van der Waals surface area contributed by atoms with E-state index in [0.717, 1.165) is 11.4 Å². The summed E-state index contributed by atoms with van der Waals surface area (Å²) >= 11 is 0. The minimum atomic E-state index is 0. The molecule has 0 saturated heterocycles. The fraction of sp³-hybridized carbons (Fsp3) is 0.667. The summed E-state index contributed by atoms with van der Waals surface area (Å²) in [5.74, 6) is 0.245. The second-order valence-corrected chi connectivity index (χ2v) is 3.99. The van der Waals surface area contributed by atoms with Crippen molar-refractivity contribution in [1.29, 1.82) is 0 Å². The van der Waals surface area contributed by atoms with E-state index < -0.39 is 0 Å². The van der Waals surface area contributed by atoms with Crippen LogP contribution in [0.1, 0.15) is 40.5 Å². The van der Waals surface area contributed by atoms with Gasteiger partial charge in [0.1, 0.15) is 11.6 Å². The minimum absolute atomic E-state index is 0. The molecule has 17 heavy (non-hydrogen) atoms. The van der Waals surface area contributed by atoms with E-state index in [9.17, 15) is 9.59 Å². The Hall–Kier alpha value is -0.658. The van der Waals surface area contributed by atoms with Gasteiger partial charge >= 0.3 is 0 Å². The molecular formula is C12H20N2O2Pd. The second kappa shape index (κ2) is 10.5. The standard InChI is InChI=1S/C12H20N2O2.Pd/c1-9(7-11(3)15)13-5-6-14-10(2)8-12(4)16;/h5-8H2,1-4H3;. The predicted molar refractivity (Wildman–Crippen MR) is 66.5 cm³/mol. The molecule has 0 rings (SSSR count). The maximum Gasteiger partial charge on any atom is 0.135 e. The zero-order chi connectivity index (χ0) is 12.6. The van der Waals surface area contributed by atoms with Crippen LogP contribution in [0.2, 0.25) is 0 Å². The number of Topliss-reactive ketones (excluding diaryl/α,β-unsaturated/α-hetero) is 2. The van der Waals surface area contributed by atoms with Crippen LogP contribution in [0.5, 0.6) is 0 Å². The smallest absolute Gasteiger partial charge is 0.135 e. The first-order chi connectivity index (χ1) is 7.41. The van der Waals surface area contributed by atoms with Crippen molar-refractivity contribution in [1.82, 2.24) is 0 Å². The molecule has 0 saturated carbocycles. The molecule has 0 radical (unpaired) electrons. The Kier molecular flexibility index (Phi) is 11.5. The third kappa shape index (κ3) is 13.3. The van der Waals surface area contributed by atoms with E-state index in [1.54, 1.807) is 13.8 Å². The molecule has 0 amide bonds. The van der Waals surface area contributed by atoms with Crippen LogP contribution in [0.4, 0.5) is 0 Å². The Morgan fingerprint density at radius 1 is 0.765 bits per heavy atom. The summed E-state index contributed by atoms with van der Waals surface area (Å²) in [7, 11) is 0. The third-order valence-electron chi connectivity index (χ3n) is 1.87. The molecule has 0 N–H and O–H groups in total. The van der Waals surface area contributed by atoms with Gasteiger partial charge in [-0.05, 0) is 27.7 Å². The van der Waals surface area contributed by atoms with Crippen molar-refractivity contribution in [2.45, 2.75) is 40.5 Å². The van der Waals surface area contributed by atoms with Gasteiger partial charge in [0.25, 0.3) is 0 Å². The maximum absolute atomic E-state index is 10.8. The quantitative estimate of drug-likeness (QED) is 0.406. The Bertz CT molecular complexity index is 290. The summed E-state index contributed by atoms with van der Waals surface area (Å²) in [6.45, 7) is 7.94. The number of ketones is 2. The molecule has 5 heteroatoms. The molecule has 0 fully saturated rings. The van der Waals surface area contributed by atoms with Gasteiger partial charge in [0, 0.05) is 44.7 Å². The van der Waals surface area contributed by atoms with Crippen LogP contribution in [-0.4, -0.2) is 36.1 Å². The minimum Gasteiger partial charge on any atom is -0.300 e. The number of hydrogen-bond donors (Lipinski definition) is 0. The Balaban J connectivity index is 0. The molecule has 0 aromatic heterocycles. The zero-order valence-electron chi connectivity index (χ0n) is 10.9. The van der Waals surface area contributed by atoms with Crippen LogP contribution in [0.3, 0.4) is 0 Å². The van der Waals surface area contributed by atoms with Crippen LogP contribution in [-0.2, 0) is 30.0 Å². The number of rotatable bonds is 7. The topological polar surface area (TPSA) is 58.9 Å². The van der Waals surface area contributed by atoms with Crippen molar-refractivity contribution in [3.63, 3.8) is 0 Å². The summed E-state index contributed by atoms with van der Waals surface area (Å²) in [6, 6.07) is 0. The van der Waals surface area contributed by atoms with Crippen LogP contribution in [0, 0.1) is 0 Å². The van der Waals surface area contributed by atoms with Gasteiger partial charge in [0.05, 0.1) is 13.1 Å². The second-order valence-electron chi connectivity index (χ2n) is 3.99. The Morgan fingerprint density at radius 3 is 1.29 bits per heavy atom. The normalized spacial score (nSPS) is 12.0. The fourth-order valence-corrected chi connectivity index (χ4v) is 1.31. The van der Waals surface area contributed by atoms with E-state index >= 15 is 0 Å². The van der Waals surface area contributed by atoms with Gasteiger partial charge in [-0.3, -0.25) is 19.6 Å². The molecule has 0 aliphatic heterocycles. The van der Waals surface area contributed by atoms with Crippen LogP contribution in [0.25, 0.3) is 0 Å². The van der Waals surface area contributed by atoms with E-state index in [2.05, 4.69) is 9.98 Å². The van der Waals surface area contributed by atoms with Crippen molar-refractivity contribution in [2.24, 2.45) is 9.98 Å². The molecule has 0 aromatic carbocycles. The molecule has 0 bridgehead atoms. The van der Waals surface area contributed by atoms with Crippen LogP contribution in [0.15, 0.2) is 9.98 Å². The molecule has 100 valence electrons. The Labute approximate surface area is 117 Å². The van der Waals surface area contributed by atoms with E-state index in [-0.39, 0.29) is 32.0 Å². The van der Waals surface area contributed by atoms with E-state index in [1.165, 1.54) is 0 Å². The van der Waals surface area contributed by atoms with Crippen LogP contribution < -0.4 is 0 Å². The molecular weight excluding hydrogens is 311 g/mol. The van der Waals surface area contributed by atoms with Gasteiger partial charge in [-0.2, -0.15) is 0 Å². The average Bonchev–Trinajstić information content (AvgIpc) is 2.10. The van der Waals surface area contributed by atoms with Crippen molar-refractivity contribution in [2.75, 3.05) is 13.1 Å². The summed E-state index contributed by atoms with van der Waals surface area (Å²) in [4.78, 5) is 30.0. The monoisotopic (exact) mass is 330 g/mol. The first-order valence-electron chi connectivity index (χ1n) is 5.40. The molecule has 0 atom stereocenters. The molecule has 4 nitrogen and oxygen atoms in total. The first-order valence-corrected chi connectivity index (χ1v) is 5.40. The number of carbonyl (C=O) groups is 2. The van der Waals surface area contributed by atoms with Gasteiger partial charge in [0.15, 0.2) is 0 Å². The van der Waals surface area contributed by atoms with Crippen molar-refractivity contribution < 1.29 is 30.0 Å². The fourth-order valence-electron chi connectivity index (χ4n) is 1.31. The van der Waals surface area contributed by atoms with Crippen molar-refractivity contribution in [3.05, 3.63) is 0 Å². The number of carbonyl (C=O) groups excluding carboxylic acids is 2. The van der Waals surface area contributed by atoms with Crippen molar-refractivity contribution in [3.8, 4) is 0 Å². The first kappa shape index (κ1) is 18.7. The van der Waals surface area contributed by atoms with Gasteiger partial charge in [0.2, 0.25) is 0 Å². The predicted octanol–water partition coefficient (Wildman–Crippen LogP) is 1.86. The molecule has 0 aromatic rings. The van der Waals surface area contributed by atoms with Gasteiger partial charge in [-0.15, -0.1) is 0 Å². The summed E-state index contributed by atoms with van der Waals surface area (Å²) < 4.78 is 0.